The van der Waals surface area contributed by atoms with Gasteiger partial charge in [-0.1, -0.05) is 30.3 Å². The molecule has 2 aromatic carbocycles. The van der Waals surface area contributed by atoms with Crippen molar-refractivity contribution < 1.29 is 14.0 Å². The maximum absolute atomic E-state index is 13.2. The molecule has 0 saturated heterocycles. The van der Waals surface area contributed by atoms with Gasteiger partial charge in [-0.2, -0.15) is 5.10 Å². The Balaban J connectivity index is 1.74. The van der Waals surface area contributed by atoms with E-state index in [0.717, 1.165) is 0 Å². The van der Waals surface area contributed by atoms with Gasteiger partial charge >= 0.3 is 0 Å². The molecule has 0 spiro atoms. The molecule has 2 amide bonds. The zero-order valence-electron chi connectivity index (χ0n) is 16.1. The summed E-state index contributed by atoms with van der Waals surface area (Å²) in [4.78, 5) is 24.6. The van der Waals surface area contributed by atoms with Crippen molar-refractivity contribution in [2.24, 2.45) is 5.73 Å². The number of hydrogen-bond donors (Lipinski definition) is 3. The van der Waals surface area contributed by atoms with Gasteiger partial charge in [-0.15, -0.1) is 0 Å². The zero-order valence-corrected chi connectivity index (χ0v) is 16.1. The first kappa shape index (κ1) is 20.2. The van der Waals surface area contributed by atoms with Crippen molar-refractivity contribution in [3.8, 4) is 5.69 Å². The van der Waals surface area contributed by atoms with E-state index in [-0.39, 0.29) is 18.3 Å². The van der Waals surface area contributed by atoms with Crippen LogP contribution in [0.5, 0.6) is 0 Å². The van der Waals surface area contributed by atoms with Gasteiger partial charge in [-0.05, 0) is 43.7 Å². The number of primary amides is 1. The number of carbonyl (C=O) groups is 2. The summed E-state index contributed by atoms with van der Waals surface area (Å²) in [5.74, 6) is -0.902. The molecular formula is C21H22FN5O2. The minimum Gasteiger partial charge on any atom is -0.368 e. The summed E-state index contributed by atoms with van der Waals surface area (Å²) in [5, 5.41) is 10.0. The molecule has 0 aliphatic rings. The van der Waals surface area contributed by atoms with E-state index in [1.165, 1.54) is 16.8 Å². The third kappa shape index (κ3) is 4.49. The monoisotopic (exact) mass is 395 g/mol. The van der Waals surface area contributed by atoms with Crippen molar-refractivity contribution in [2.75, 3.05) is 11.9 Å². The highest BCUT2D eigenvalue weighted by Crippen LogP contribution is 2.20. The van der Waals surface area contributed by atoms with Gasteiger partial charge in [0.2, 0.25) is 11.8 Å². The number of rotatable bonds is 7. The van der Waals surface area contributed by atoms with Crippen molar-refractivity contribution in [1.82, 2.24) is 15.1 Å². The summed E-state index contributed by atoms with van der Waals surface area (Å²) in [6, 6.07) is 16.4. The number of nitrogens with zero attached hydrogens (tertiary/aromatic N) is 2. The number of anilines is 1. The summed E-state index contributed by atoms with van der Waals surface area (Å²) in [6.07, 6.45) is 0. The molecule has 0 bridgehead atoms. The molecule has 1 atom stereocenters. The average Bonchev–Trinajstić information content (AvgIpc) is 3.07. The molecule has 4 N–H and O–H groups in total. The second-order valence-electron chi connectivity index (χ2n) is 6.82. The summed E-state index contributed by atoms with van der Waals surface area (Å²) in [6.45, 7) is 3.26. The maximum atomic E-state index is 13.2. The molecule has 0 fully saturated rings. The lowest BCUT2D eigenvalue weighted by molar-refractivity contribution is -0.124. The Bertz CT molecular complexity index is 1020. The van der Waals surface area contributed by atoms with Crippen LogP contribution in [0.2, 0.25) is 0 Å². The van der Waals surface area contributed by atoms with E-state index in [0.29, 0.717) is 22.8 Å². The van der Waals surface area contributed by atoms with Crippen LogP contribution in [0.3, 0.4) is 0 Å². The molecule has 3 rings (SSSR count). The highest BCUT2D eigenvalue weighted by Gasteiger charge is 2.33. The number of benzene rings is 2. The van der Waals surface area contributed by atoms with Gasteiger partial charge in [0.1, 0.15) is 17.2 Å². The summed E-state index contributed by atoms with van der Waals surface area (Å²) < 4.78 is 14.7. The number of aryl methyl sites for hydroxylation is 1. The molecule has 7 nitrogen and oxygen atoms in total. The third-order valence-electron chi connectivity index (χ3n) is 4.62. The fourth-order valence-corrected chi connectivity index (χ4v) is 2.91. The normalized spacial score (nSPS) is 12.9. The third-order valence-corrected chi connectivity index (χ3v) is 4.62. The van der Waals surface area contributed by atoms with Crippen molar-refractivity contribution >= 4 is 17.6 Å². The molecule has 0 radical (unpaired) electrons. The number of amides is 2. The van der Waals surface area contributed by atoms with E-state index < -0.39 is 11.4 Å². The minimum absolute atomic E-state index is 0.151. The molecule has 150 valence electrons. The van der Waals surface area contributed by atoms with Crippen LogP contribution in [-0.4, -0.2) is 28.1 Å². The molecule has 1 heterocycles. The van der Waals surface area contributed by atoms with E-state index in [1.807, 2.05) is 6.07 Å². The lowest BCUT2D eigenvalue weighted by Crippen LogP contribution is -2.52. The Morgan fingerprint density at radius 2 is 1.79 bits per heavy atom. The first-order valence-corrected chi connectivity index (χ1v) is 9.02. The number of aromatic nitrogens is 2. The van der Waals surface area contributed by atoms with Crippen molar-refractivity contribution in [1.29, 1.82) is 0 Å². The molecule has 29 heavy (non-hydrogen) atoms. The Morgan fingerprint density at radius 3 is 2.41 bits per heavy atom. The highest BCUT2D eigenvalue weighted by atomic mass is 19.1. The van der Waals surface area contributed by atoms with Gasteiger partial charge in [-0.3, -0.25) is 14.9 Å². The second-order valence-corrected chi connectivity index (χ2v) is 6.82. The van der Waals surface area contributed by atoms with Crippen molar-refractivity contribution in [3.63, 3.8) is 0 Å². The summed E-state index contributed by atoms with van der Waals surface area (Å²) in [7, 11) is 0. The van der Waals surface area contributed by atoms with Crippen LogP contribution in [0.1, 0.15) is 18.2 Å². The van der Waals surface area contributed by atoms with Crippen LogP contribution in [0.4, 0.5) is 10.2 Å². The summed E-state index contributed by atoms with van der Waals surface area (Å²) >= 11 is 0. The van der Waals surface area contributed by atoms with Crippen LogP contribution in [0, 0.1) is 12.7 Å². The number of halogens is 1. The average molecular weight is 395 g/mol. The topological polar surface area (TPSA) is 102 Å². The van der Waals surface area contributed by atoms with Crippen molar-refractivity contribution in [3.05, 3.63) is 77.7 Å². The SMILES string of the molecule is Cc1cc(NC(=O)CN[C@](C)(C(N)=O)c2ccccc2)n(-c2ccc(F)cc2)n1. The van der Waals surface area contributed by atoms with E-state index in [2.05, 4.69) is 15.7 Å². The van der Waals surface area contributed by atoms with E-state index >= 15 is 0 Å². The van der Waals surface area contributed by atoms with Gasteiger partial charge < -0.3 is 11.1 Å². The van der Waals surface area contributed by atoms with E-state index in [9.17, 15) is 14.0 Å². The van der Waals surface area contributed by atoms with Gasteiger partial charge in [0.25, 0.3) is 0 Å². The van der Waals surface area contributed by atoms with Crippen LogP contribution < -0.4 is 16.4 Å². The number of hydrogen-bond acceptors (Lipinski definition) is 4. The second kappa shape index (κ2) is 8.24. The van der Waals surface area contributed by atoms with E-state index in [4.69, 9.17) is 5.73 Å². The standard InChI is InChI=1S/C21H22FN5O2/c1-14-12-18(27(26-14)17-10-8-16(22)9-11-17)25-19(28)13-24-21(2,20(23)29)15-6-4-3-5-7-15/h3-12,24H,13H2,1-2H3,(H2,23,29)(H,25,28)/t21-/m0/s1. The molecule has 0 saturated carbocycles. The number of nitrogens with one attached hydrogen (secondary N) is 2. The van der Waals surface area contributed by atoms with E-state index in [1.54, 1.807) is 56.3 Å². The van der Waals surface area contributed by atoms with Crippen LogP contribution in [0.25, 0.3) is 5.69 Å². The van der Waals surface area contributed by atoms with Crippen LogP contribution >= 0.6 is 0 Å². The molecule has 3 aromatic rings. The van der Waals surface area contributed by atoms with Gasteiger partial charge in [0.15, 0.2) is 0 Å². The van der Waals surface area contributed by atoms with Gasteiger partial charge in [0, 0.05) is 6.07 Å². The fourth-order valence-electron chi connectivity index (χ4n) is 2.91. The molecule has 8 heteroatoms. The van der Waals surface area contributed by atoms with Crippen LogP contribution in [0.15, 0.2) is 60.7 Å². The largest absolute Gasteiger partial charge is 0.368 e. The maximum Gasteiger partial charge on any atom is 0.242 e. The van der Waals surface area contributed by atoms with Crippen molar-refractivity contribution in [2.45, 2.75) is 19.4 Å². The molecule has 0 aliphatic heterocycles. The number of nitrogens with two attached hydrogens (primary N) is 1. The first-order valence-electron chi connectivity index (χ1n) is 9.02. The molecular weight excluding hydrogens is 373 g/mol. The molecule has 1 aromatic heterocycles. The lowest BCUT2D eigenvalue weighted by Gasteiger charge is -2.27. The Morgan fingerprint density at radius 1 is 1.14 bits per heavy atom. The fraction of sp³-hybridized carbons (Fsp3) is 0.190. The lowest BCUT2D eigenvalue weighted by atomic mass is 9.91. The number of carbonyl (C=O) groups excluding carboxylic acids is 2. The summed E-state index contributed by atoms with van der Waals surface area (Å²) in [5.41, 5.74) is 6.33. The smallest absolute Gasteiger partial charge is 0.242 e. The predicted molar refractivity (Wildman–Crippen MR) is 108 cm³/mol. The van der Waals surface area contributed by atoms with Crippen LogP contribution in [-0.2, 0) is 15.1 Å². The predicted octanol–water partition coefficient (Wildman–Crippen LogP) is 2.25. The minimum atomic E-state index is -1.20. The molecule has 0 aliphatic carbocycles. The quantitative estimate of drug-likeness (QED) is 0.571. The Kier molecular flexibility index (Phi) is 5.74. The zero-order chi connectivity index (χ0) is 21.0. The van der Waals surface area contributed by atoms with Gasteiger partial charge in [0.05, 0.1) is 17.9 Å². The Hall–Kier alpha value is -3.52. The first-order chi connectivity index (χ1) is 13.8. The highest BCUT2D eigenvalue weighted by molar-refractivity contribution is 5.93. The molecule has 0 unspecified atom stereocenters. The van der Waals surface area contributed by atoms with Gasteiger partial charge in [-0.25, -0.2) is 9.07 Å². The Labute approximate surface area is 167 Å².